The number of nitrogens with zero attached hydrogens (tertiary/aromatic N) is 1. The molecule has 2 nitrogen and oxygen atoms in total. The minimum absolute atomic E-state index is 0.139. The van der Waals surface area contributed by atoms with Crippen molar-refractivity contribution in [2.45, 2.75) is 44.1 Å². The van der Waals surface area contributed by atoms with Crippen molar-refractivity contribution >= 4 is 17.1 Å². The molecule has 0 saturated heterocycles. The fourth-order valence-electron chi connectivity index (χ4n) is 1.48. The van der Waals surface area contributed by atoms with Gasteiger partial charge in [-0.3, -0.25) is 0 Å². The van der Waals surface area contributed by atoms with E-state index in [-0.39, 0.29) is 11.0 Å². The zero-order valence-corrected chi connectivity index (χ0v) is 9.57. The van der Waals surface area contributed by atoms with Crippen LogP contribution in [0.25, 0.3) is 0 Å². The molecule has 0 fully saturated rings. The predicted molar refractivity (Wildman–Crippen MR) is 58.7 cm³/mol. The quantitative estimate of drug-likeness (QED) is 0.371. The van der Waals surface area contributed by atoms with Gasteiger partial charge in [-0.15, -0.1) is 9.24 Å². The Bertz CT molecular complexity index is 179. The summed E-state index contributed by atoms with van der Waals surface area (Å²) in [6, 6.07) is 0. The Labute approximate surface area is 84.6 Å². The number of rotatable bonds is 6. The minimum Gasteiger partial charge on any atom is -0.427 e. The van der Waals surface area contributed by atoms with E-state index in [1.807, 2.05) is 6.92 Å². The van der Waals surface area contributed by atoms with Crippen molar-refractivity contribution in [1.82, 2.24) is 0 Å². The van der Waals surface area contributed by atoms with E-state index in [0.29, 0.717) is 6.61 Å². The van der Waals surface area contributed by atoms with E-state index in [4.69, 9.17) is 13.1 Å². The largest absolute Gasteiger partial charge is 0.427 e. The lowest BCUT2D eigenvalue weighted by molar-refractivity contribution is 0.259. The maximum atomic E-state index is 8.20. The van der Waals surface area contributed by atoms with Crippen LogP contribution in [0.3, 0.4) is 0 Å². The van der Waals surface area contributed by atoms with Crippen LogP contribution in [0, 0.1) is 11.5 Å². The summed E-state index contributed by atoms with van der Waals surface area (Å²) in [5, 5.41) is 8.07. The zero-order valence-electron chi connectivity index (χ0n) is 8.42. The summed E-state index contributed by atoms with van der Waals surface area (Å²) in [7, 11) is 8.71. The summed E-state index contributed by atoms with van der Waals surface area (Å²) < 4.78 is 4.65. The molecule has 3 unspecified atom stereocenters. The van der Waals surface area contributed by atoms with E-state index in [1.54, 1.807) is 6.26 Å². The lowest BCUT2D eigenvalue weighted by Gasteiger charge is -2.27. The van der Waals surface area contributed by atoms with E-state index < -0.39 is 0 Å². The van der Waals surface area contributed by atoms with Gasteiger partial charge in [0.05, 0.1) is 7.85 Å². The van der Waals surface area contributed by atoms with Gasteiger partial charge in [-0.05, 0) is 6.42 Å². The van der Waals surface area contributed by atoms with Crippen LogP contribution in [0.4, 0.5) is 0 Å². The monoisotopic (exact) mass is 197 g/mol. The molecule has 0 bridgehead atoms. The highest BCUT2D eigenvalue weighted by molar-refractivity contribution is 7.17. The Morgan fingerprint density at radius 1 is 1.69 bits per heavy atom. The van der Waals surface area contributed by atoms with E-state index >= 15 is 0 Å². The van der Waals surface area contributed by atoms with Crippen molar-refractivity contribution in [3.8, 4) is 6.26 Å². The minimum atomic E-state index is -0.139. The van der Waals surface area contributed by atoms with Gasteiger partial charge >= 0.3 is 0 Å². The van der Waals surface area contributed by atoms with Crippen LogP contribution in [-0.4, -0.2) is 20.1 Å². The van der Waals surface area contributed by atoms with Crippen molar-refractivity contribution in [3.63, 3.8) is 0 Å². The molecule has 0 heterocycles. The van der Waals surface area contributed by atoms with Crippen LogP contribution in [0.15, 0.2) is 0 Å². The number of ether oxygens (including phenoxy) is 1. The number of hydrogen-bond acceptors (Lipinski definition) is 2. The molecule has 13 heavy (non-hydrogen) atoms. The average Bonchev–Trinajstić information content (AvgIpc) is 1.99. The van der Waals surface area contributed by atoms with E-state index in [9.17, 15) is 0 Å². The molecule has 0 aliphatic heterocycles. The van der Waals surface area contributed by atoms with Gasteiger partial charge in [0.25, 0.3) is 6.26 Å². The summed E-state index contributed by atoms with van der Waals surface area (Å²) in [6.07, 6.45) is 4.62. The Balaban J connectivity index is 3.76. The number of hydrogen-bond donors (Lipinski definition) is 0. The van der Waals surface area contributed by atoms with E-state index in [0.717, 1.165) is 19.3 Å². The molecule has 72 valence electrons. The summed E-state index contributed by atoms with van der Waals surface area (Å²) in [5.41, 5.74) is 0.265. The summed E-state index contributed by atoms with van der Waals surface area (Å²) >= 11 is 0. The van der Waals surface area contributed by atoms with Gasteiger partial charge in [-0.25, -0.2) is 0 Å². The lowest BCUT2D eigenvalue weighted by atomic mass is 9.65. The maximum Gasteiger partial charge on any atom is 0.286 e. The molecule has 0 N–H and O–H groups in total. The summed E-state index contributed by atoms with van der Waals surface area (Å²) in [5.74, 6) is 0. The molecule has 0 aromatic rings. The highest BCUT2D eigenvalue weighted by Crippen LogP contribution is 2.34. The molecule has 0 spiro atoms. The van der Waals surface area contributed by atoms with Gasteiger partial charge in [0, 0.05) is 5.66 Å². The highest BCUT2D eigenvalue weighted by atomic mass is 31.0. The van der Waals surface area contributed by atoms with Gasteiger partial charge in [-0.2, -0.15) is 5.26 Å². The third-order valence-electron chi connectivity index (χ3n) is 1.91. The van der Waals surface area contributed by atoms with Crippen molar-refractivity contribution in [3.05, 3.63) is 0 Å². The standard InChI is InChI=1S/C9H17BNOP/c1-3-4-9(2,10)5-8(13)6-12-7-11/h8H,3-6,13H2,1-2H3. The van der Waals surface area contributed by atoms with Crippen LogP contribution in [0.2, 0.25) is 5.31 Å². The van der Waals surface area contributed by atoms with Crippen LogP contribution in [0.1, 0.15) is 33.1 Å². The molecule has 0 saturated carbocycles. The Morgan fingerprint density at radius 3 is 2.77 bits per heavy atom. The van der Waals surface area contributed by atoms with Gasteiger partial charge in [-0.1, -0.05) is 32.0 Å². The molecule has 0 rings (SSSR count). The topological polar surface area (TPSA) is 33.0 Å². The van der Waals surface area contributed by atoms with E-state index in [2.05, 4.69) is 20.9 Å². The Kier molecular flexibility index (Phi) is 6.17. The maximum absolute atomic E-state index is 8.20. The van der Waals surface area contributed by atoms with Gasteiger partial charge in [0.15, 0.2) is 0 Å². The number of nitriles is 1. The molecule has 0 aromatic carbocycles. The molecule has 0 amide bonds. The molecule has 0 aliphatic rings. The molecule has 0 aromatic heterocycles. The first-order valence-electron chi connectivity index (χ1n) is 4.57. The Morgan fingerprint density at radius 2 is 2.31 bits per heavy atom. The van der Waals surface area contributed by atoms with Gasteiger partial charge in [0.1, 0.15) is 6.61 Å². The average molecular weight is 197 g/mol. The molecular formula is C9H17BNOP. The van der Waals surface area contributed by atoms with Crippen LogP contribution >= 0.6 is 9.24 Å². The summed E-state index contributed by atoms with van der Waals surface area (Å²) in [4.78, 5) is 0. The van der Waals surface area contributed by atoms with Crippen molar-refractivity contribution in [2.75, 3.05) is 6.61 Å². The summed E-state index contributed by atoms with van der Waals surface area (Å²) in [6.45, 7) is 4.60. The second-order valence-corrected chi connectivity index (χ2v) is 4.71. The normalized spacial score (nSPS) is 17.1. The smallest absolute Gasteiger partial charge is 0.286 e. The highest BCUT2D eigenvalue weighted by Gasteiger charge is 2.19. The first-order valence-corrected chi connectivity index (χ1v) is 5.24. The predicted octanol–water partition coefficient (Wildman–Crippen LogP) is 2.27. The van der Waals surface area contributed by atoms with Crippen LogP contribution < -0.4 is 0 Å². The molecular weight excluding hydrogens is 180 g/mol. The second kappa shape index (κ2) is 6.27. The Hall–Kier alpha value is -0.215. The lowest BCUT2D eigenvalue weighted by Crippen LogP contribution is -2.17. The fraction of sp³-hybridized carbons (Fsp3) is 0.889. The third kappa shape index (κ3) is 6.90. The van der Waals surface area contributed by atoms with Gasteiger partial charge < -0.3 is 4.74 Å². The first kappa shape index (κ1) is 12.8. The molecule has 3 atom stereocenters. The van der Waals surface area contributed by atoms with Crippen LogP contribution in [-0.2, 0) is 4.74 Å². The molecule has 0 aliphatic carbocycles. The SMILES string of the molecule is [B]C(C)(CCC)CC(P)COC#N. The zero-order chi connectivity index (χ0) is 10.3. The van der Waals surface area contributed by atoms with Crippen molar-refractivity contribution in [1.29, 1.82) is 5.26 Å². The first-order chi connectivity index (χ1) is 6.02. The van der Waals surface area contributed by atoms with Crippen molar-refractivity contribution < 1.29 is 4.74 Å². The van der Waals surface area contributed by atoms with E-state index in [1.165, 1.54) is 0 Å². The molecule has 2 radical (unpaired) electrons. The van der Waals surface area contributed by atoms with Gasteiger partial charge in [0.2, 0.25) is 0 Å². The van der Waals surface area contributed by atoms with Crippen LogP contribution in [0.5, 0.6) is 0 Å². The molecule has 4 heteroatoms. The van der Waals surface area contributed by atoms with Crippen molar-refractivity contribution in [2.24, 2.45) is 0 Å². The second-order valence-electron chi connectivity index (χ2n) is 3.77. The fourth-order valence-corrected chi connectivity index (χ4v) is 2.11. The third-order valence-corrected chi connectivity index (χ3v) is 2.34.